The molecule has 0 aliphatic heterocycles. The quantitative estimate of drug-likeness (QED) is 0.852. The van der Waals surface area contributed by atoms with Gasteiger partial charge in [0.05, 0.1) is 5.69 Å². The zero-order valence-corrected chi connectivity index (χ0v) is 12.6. The maximum Gasteiger partial charge on any atom is 0.223 e. The van der Waals surface area contributed by atoms with Crippen LogP contribution in [0.25, 0.3) is 0 Å². The van der Waals surface area contributed by atoms with Crippen LogP contribution in [0, 0.1) is 13.8 Å². The molecule has 0 aliphatic carbocycles. The molecule has 2 rings (SSSR count). The standard InChI is InChI=1S/C13H19N5S/c1-5-6-14-13-15-9(2)7-11(16-13)19-12-8-10(3)17-18(12)4/h7-8H,5-6H2,1-4H3,(H,14,15,16). The number of hydrogen-bond donors (Lipinski definition) is 1. The minimum Gasteiger partial charge on any atom is -0.354 e. The highest BCUT2D eigenvalue weighted by Gasteiger charge is 2.08. The van der Waals surface area contributed by atoms with Crippen molar-refractivity contribution in [2.45, 2.75) is 37.2 Å². The Labute approximate surface area is 117 Å². The van der Waals surface area contributed by atoms with Crippen LogP contribution in [-0.4, -0.2) is 26.3 Å². The van der Waals surface area contributed by atoms with Crippen LogP contribution in [0.2, 0.25) is 0 Å². The van der Waals surface area contributed by atoms with Crippen molar-refractivity contribution in [2.75, 3.05) is 11.9 Å². The van der Waals surface area contributed by atoms with Gasteiger partial charge in [-0.3, -0.25) is 4.68 Å². The van der Waals surface area contributed by atoms with E-state index in [-0.39, 0.29) is 0 Å². The van der Waals surface area contributed by atoms with E-state index in [1.807, 2.05) is 31.6 Å². The molecule has 0 aliphatic rings. The summed E-state index contributed by atoms with van der Waals surface area (Å²) in [5, 5.41) is 9.58. The van der Waals surface area contributed by atoms with Crippen molar-refractivity contribution in [3.8, 4) is 0 Å². The smallest absolute Gasteiger partial charge is 0.223 e. The van der Waals surface area contributed by atoms with Gasteiger partial charge in [0.2, 0.25) is 5.95 Å². The Morgan fingerprint density at radius 3 is 2.63 bits per heavy atom. The Morgan fingerprint density at radius 2 is 2.00 bits per heavy atom. The lowest BCUT2D eigenvalue weighted by atomic mass is 10.4. The van der Waals surface area contributed by atoms with Crippen LogP contribution in [0.3, 0.4) is 0 Å². The molecule has 2 heterocycles. The van der Waals surface area contributed by atoms with Crippen molar-refractivity contribution in [3.63, 3.8) is 0 Å². The van der Waals surface area contributed by atoms with Gasteiger partial charge in [0.1, 0.15) is 10.1 Å². The second-order valence-corrected chi connectivity index (χ2v) is 5.49. The van der Waals surface area contributed by atoms with Gasteiger partial charge in [-0.1, -0.05) is 18.7 Å². The number of anilines is 1. The Bertz CT molecular complexity index is 564. The molecule has 5 nitrogen and oxygen atoms in total. The third-order valence-electron chi connectivity index (χ3n) is 2.53. The molecule has 0 saturated heterocycles. The number of rotatable bonds is 5. The average molecular weight is 277 g/mol. The molecular weight excluding hydrogens is 258 g/mol. The van der Waals surface area contributed by atoms with Crippen molar-refractivity contribution in [3.05, 3.63) is 23.5 Å². The zero-order chi connectivity index (χ0) is 13.8. The highest BCUT2D eigenvalue weighted by molar-refractivity contribution is 7.99. The molecule has 0 spiro atoms. The number of aromatic nitrogens is 4. The summed E-state index contributed by atoms with van der Waals surface area (Å²) in [5.74, 6) is 0.697. The van der Waals surface area contributed by atoms with E-state index >= 15 is 0 Å². The molecule has 0 saturated carbocycles. The van der Waals surface area contributed by atoms with Crippen molar-refractivity contribution in [1.29, 1.82) is 0 Å². The van der Waals surface area contributed by atoms with Crippen LogP contribution in [0.4, 0.5) is 5.95 Å². The summed E-state index contributed by atoms with van der Waals surface area (Å²) < 4.78 is 1.87. The Balaban J connectivity index is 2.20. The minimum absolute atomic E-state index is 0.697. The summed E-state index contributed by atoms with van der Waals surface area (Å²) in [4.78, 5) is 8.90. The van der Waals surface area contributed by atoms with E-state index in [0.717, 1.165) is 34.4 Å². The first-order valence-corrected chi connectivity index (χ1v) is 7.18. The van der Waals surface area contributed by atoms with Crippen LogP contribution < -0.4 is 5.32 Å². The molecule has 19 heavy (non-hydrogen) atoms. The molecule has 0 atom stereocenters. The van der Waals surface area contributed by atoms with Crippen molar-refractivity contribution in [1.82, 2.24) is 19.7 Å². The second-order valence-electron chi connectivity index (χ2n) is 4.45. The minimum atomic E-state index is 0.697. The lowest BCUT2D eigenvalue weighted by Crippen LogP contribution is -2.05. The van der Waals surface area contributed by atoms with E-state index in [2.05, 4.69) is 33.4 Å². The van der Waals surface area contributed by atoms with E-state index in [4.69, 9.17) is 0 Å². The van der Waals surface area contributed by atoms with Crippen LogP contribution in [-0.2, 0) is 7.05 Å². The average Bonchev–Trinajstić information content (AvgIpc) is 2.64. The number of nitrogens with one attached hydrogen (secondary N) is 1. The monoisotopic (exact) mass is 277 g/mol. The van der Waals surface area contributed by atoms with Crippen LogP contribution in [0.1, 0.15) is 24.7 Å². The molecule has 0 radical (unpaired) electrons. The summed E-state index contributed by atoms with van der Waals surface area (Å²) in [5.41, 5.74) is 1.98. The SMILES string of the molecule is CCCNc1nc(C)cc(Sc2cc(C)nn2C)n1. The molecular formula is C13H19N5S. The molecule has 6 heteroatoms. The third kappa shape index (κ3) is 3.70. The second kappa shape index (κ2) is 6.06. The Hall–Kier alpha value is -1.56. The summed E-state index contributed by atoms with van der Waals surface area (Å²) in [6, 6.07) is 4.05. The first-order chi connectivity index (χ1) is 9.08. The van der Waals surface area contributed by atoms with E-state index in [1.54, 1.807) is 11.8 Å². The van der Waals surface area contributed by atoms with E-state index in [0.29, 0.717) is 5.95 Å². The van der Waals surface area contributed by atoms with E-state index < -0.39 is 0 Å². The molecule has 1 N–H and O–H groups in total. The van der Waals surface area contributed by atoms with Crippen LogP contribution in [0.15, 0.2) is 22.2 Å². The molecule has 102 valence electrons. The molecule has 0 amide bonds. The third-order valence-corrected chi connectivity index (χ3v) is 3.54. The number of aryl methyl sites for hydroxylation is 3. The summed E-state index contributed by atoms with van der Waals surface area (Å²) in [6.07, 6.45) is 1.06. The lowest BCUT2D eigenvalue weighted by Gasteiger charge is -2.07. The fourth-order valence-corrected chi connectivity index (χ4v) is 2.68. The van der Waals surface area contributed by atoms with Gasteiger partial charge in [-0.25, -0.2) is 9.97 Å². The van der Waals surface area contributed by atoms with Gasteiger partial charge >= 0.3 is 0 Å². The van der Waals surface area contributed by atoms with Gasteiger partial charge in [0.15, 0.2) is 0 Å². The Kier molecular flexibility index (Phi) is 4.42. The maximum absolute atomic E-state index is 4.52. The van der Waals surface area contributed by atoms with Crippen LogP contribution in [0.5, 0.6) is 0 Å². The molecule has 0 unspecified atom stereocenters. The maximum atomic E-state index is 4.52. The highest BCUT2D eigenvalue weighted by Crippen LogP contribution is 2.27. The van der Waals surface area contributed by atoms with Crippen molar-refractivity contribution < 1.29 is 0 Å². The molecule has 2 aromatic rings. The van der Waals surface area contributed by atoms with Crippen molar-refractivity contribution >= 4 is 17.7 Å². The Morgan fingerprint density at radius 1 is 1.21 bits per heavy atom. The molecule has 0 fully saturated rings. The summed E-state index contributed by atoms with van der Waals surface area (Å²) >= 11 is 1.61. The van der Waals surface area contributed by atoms with Crippen LogP contribution >= 0.6 is 11.8 Å². The van der Waals surface area contributed by atoms with Gasteiger partial charge in [0, 0.05) is 19.3 Å². The highest BCUT2D eigenvalue weighted by atomic mass is 32.2. The van der Waals surface area contributed by atoms with Gasteiger partial charge < -0.3 is 5.32 Å². The topological polar surface area (TPSA) is 55.6 Å². The first-order valence-electron chi connectivity index (χ1n) is 6.36. The first kappa shape index (κ1) is 13.9. The largest absolute Gasteiger partial charge is 0.354 e. The fraction of sp³-hybridized carbons (Fsp3) is 0.462. The lowest BCUT2D eigenvalue weighted by molar-refractivity contribution is 0.692. The number of hydrogen-bond acceptors (Lipinski definition) is 5. The van der Waals surface area contributed by atoms with E-state index in [1.165, 1.54) is 0 Å². The zero-order valence-electron chi connectivity index (χ0n) is 11.8. The molecule has 0 aromatic carbocycles. The number of nitrogens with zero attached hydrogens (tertiary/aromatic N) is 4. The predicted octanol–water partition coefficient (Wildman–Crippen LogP) is 2.80. The summed E-state index contributed by atoms with van der Waals surface area (Å²) in [6.45, 7) is 6.98. The normalized spacial score (nSPS) is 10.7. The van der Waals surface area contributed by atoms with Gasteiger partial charge in [0.25, 0.3) is 0 Å². The van der Waals surface area contributed by atoms with Crippen molar-refractivity contribution in [2.24, 2.45) is 7.05 Å². The molecule has 2 aromatic heterocycles. The van der Waals surface area contributed by atoms with E-state index in [9.17, 15) is 0 Å². The van der Waals surface area contributed by atoms with Gasteiger partial charge in [-0.05, 0) is 32.4 Å². The van der Waals surface area contributed by atoms with Gasteiger partial charge in [-0.15, -0.1) is 0 Å². The molecule has 0 bridgehead atoms. The fourth-order valence-electron chi connectivity index (χ4n) is 1.70. The predicted molar refractivity (Wildman–Crippen MR) is 77.6 cm³/mol. The van der Waals surface area contributed by atoms with Gasteiger partial charge in [-0.2, -0.15) is 5.10 Å². The summed E-state index contributed by atoms with van der Waals surface area (Å²) in [7, 11) is 1.94.